The first-order valence-corrected chi connectivity index (χ1v) is 6.73. The zero-order chi connectivity index (χ0) is 15.9. The largest absolute Gasteiger partial charge is 0.467 e. The van der Waals surface area contributed by atoms with Gasteiger partial charge >= 0.3 is 5.97 Å². The van der Waals surface area contributed by atoms with Crippen LogP contribution in [0.15, 0.2) is 41.0 Å². The molecule has 0 saturated heterocycles. The van der Waals surface area contributed by atoms with Gasteiger partial charge in [-0.2, -0.15) is 0 Å². The van der Waals surface area contributed by atoms with Crippen molar-refractivity contribution < 1.29 is 18.7 Å². The standard InChI is InChI=1S/C15H17N3O4/c1-21-15(20)13(10-5-3-2-4-6-10)18-14(19)11-9-22-12(17-11)7-8-16/h2-6,9,13H,7-8,16H2,1H3,(H,18,19). The van der Waals surface area contributed by atoms with Crippen LogP contribution in [0.4, 0.5) is 0 Å². The third-order valence-corrected chi connectivity index (χ3v) is 2.99. The van der Waals surface area contributed by atoms with Crippen molar-refractivity contribution >= 4 is 11.9 Å². The third-order valence-electron chi connectivity index (χ3n) is 2.99. The topological polar surface area (TPSA) is 107 Å². The smallest absolute Gasteiger partial charge is 0.333 e. The summed E-state index contributed by atoms with van der Waals surface area (Å²) >= 11 is 0. The SMILES string of the molecule is COC(=O)C(NC(=O)c1coc(CCN)n1)c1ccccc1. The van der Waals surface area contributed by atoms with E-state index in [-0.39, 0.29) is 5.69 Å². The van der Waals surface area contributed by atoms with Crippen molar-refractivity contribution in [3.63, 3.8) is 0 Å². The van der Waals surface area contributed by atoms with Crippen LogP contribution < -0.4 is 11.1 Å². The van der Waals surface area contributed by atoms with Crippen LogP contribution >= 0.6 is 0 Å². The molecule has 1 aromatic carbocycles. The lowest BCUT2D eigenvalue weighted by atomic mass is 10.1. The average molecular weight is 303 g/mol. The quantitative estimate of drug-likeness (QED) is 0.765. The number of esters is 1. The number of nitrogens with two attached hydrogens (primary N) is 1. The predicted octanol–water partition coefficient (Wildman–Crippen LogP) is 0.820. The summed E-state index contributed by atoms with van der Waals surface area (Å²) in [6, 6.07) is 7.90. The first-order valence-electron chi connectivity index (χ1n) is 6.73. The highest BCUT2D eigenvalue weighted by molar-refractivity contribution is 5.95. The number of nitrogens with zero attached hydrogens (tertiary/aromatic N) is 1. The predicted molar refractivity (Wildman–Crippen MR) is 77.9 cm³/mol. The van der Waals surface area contributed by atoms with Gasteiger partial charge in [-0.1, -0.05) is 30.3 Å². The number of hydrogen-bond acceptors (Lipinski definition) is 6. The van der Waals surface area contributed by atoms with Gasteiger partial charge in [-0.05, 0) is 5.56 Å². The normalized spacial score (nSPS) is 11.7. The number of nitrogens with one attached hydrogen (secondary N) is 1. The summed E-state index contributed by atoms with van der Waals surface area (Å²) in [6.45, 7) is 0.371. The van der Waals surface area contributed by atoms with Crippen LogP contribution in [0.1, 0.15) is 28.0 Å². The van der Waals surface area contributed by atoms with Crippen LogP contribution in [0, 0.1) is 0 Å². The lowest BCUT2D eigenvalue weighted by molar-refractivity contribution is -0.143. The molecule has 0 aliphatic rings. The highest BCUT2D eigenvalue weighted by Gasteiger charge is 2.25. The van der Waals surface area contributed by atoms with Crippen molar-refractivity contribution in [1.29, 1.82) is 0 Å². The molecule has 0 spiro atoms. The van der Waals surface area contributed by atoms with Gasteiger partial charge in [0.15, 0.2) is 17.6 Å². The number of carbonyl (C=O) groups is 2. The Morgan fingerprint density at radius 1 is 1.36 bits per heavy atom. The highest BCUT2D eigenvalue weighted by atomic mass is 16.5. The summed E-state index contributed by atoms with van der Waals surface area (Å²) in [6.07, 6.45) is 1.67. The van der Waals surface area contributed by atoms with E-state index in [1.807, 2.05) is 6.07 Å². The zero-order valence-corrected chi connectivity index (χ0v) is 12.1. The maximum atomic E-state index is 12.2. The van der Waals surface area contributed by atoms with Crippen LogP contribution in [0.5, 0.6) is 0 Å². The Hall–Kier alpha value is -2.67. The fourth-order valence-electron chi connectivity index (χ4n) is 1.90. The van der Waals surface area contributed by atoms with Crippen molar-refractivity contribution in [2.75, 3.05) is 13.7 Å². The number of amides is 1. The molecule has 0 saturated carbocycles. The average Bonchev–Trinajstić information content (AvgIpc) is 3.01. The highest BCUT2D eigenvalue weighted by Crippen LogP contribution is 2.15. The molecule has 22 heavy (non-hydrogen) atoms. The fourth-order valence-corrected chi connectivity index (χ4v) is 1.90. The summed E-state index contributed by atoms with van der Waals surface area (Å²) in [5.41, 5.74) is 6.11. The molecular weight excluding hydrogens is 286 g/mol. The lowest BCUT2D eigenvalue weighted by Gasteiger charge is -2.15. The Morgan fingerprint density at radius 3 is 2.73 bits per heavy atom. The second-order valence-electron chi connectivity index (χ2n) is 4.51. The molecule has 0 fully saturated rings. The maximum Gasteiger partial charge on any atom is 0.333 e. The van der Waals surface area contributed by atoms with E-state index >= 15 is 0 Å². The van der Waals surface area contributed by atoms with E-state index in [1.165, 1.54) is 13.4 Å². The van der Waals surface area contributed by atoms with E-state index in [4.69, 9.17) is 14.9 Å². The van der Waals surface area contributed by atoms with Crippen LogP contribution in [-0.2, 0) is 16.0 Å². The minimum Gasteiger partial charge on any atom is -0.467 e. The second-order valence-corrected chi connectivity index (χ2v) is 4.51. The molecule has 0 aliphatic carbocycles. The molecule has 0 radical (unpaired) electrons. The van der Waals surface area contributed by atoms with E-state index in [1.54, 1.807) is 24.3 Å². The molecule has 7 heteroatoms. The van der Waals surface area contributed by atoms with Crippen molar-refractivity contribution in [2.24, 2.45) is 5.73 Å². The van der Waals surface area contributed by atoms with Gasteiger partial charge < -0.3 is 20.2 Å². The molecule has 1 amide bonds. The number of benzene rings is 1. The molecular formula is C15H17N3O4. The number of rotatable bonds is 6. The second kappa shape index (κ2) is 7.37. The van der Waals surface area contributed by atoms with E-state index < -0.39 is 17.9 Å². The van der Waals surface area contributed by atoms with E-state index in [9.17, 15) is 9.59 Å². The maximum absolute atomic E-state index is 12.2. The fraction of sp³-hybridized carbons (Fsp3) is 0.267. The third kappa shape index (κ3) is 3.70. The summed E-state index contributed by atoms with van der Waals surface area (Å²) < 4.78 is 9.87. The molecule has 1 heterocycles. The Balaban J connectivity index is 2.16. The molecule has 0 aliphatic heterocycles. The molecule has 116 valence electrons. The van der Waals surface area contributed by atoms with E-state index in [0.717, 1.165) is 0 Å². The van der Waals surface area contributed by atoms with Gasteiger partial charge in [0.1, 0.15) is 6.26 Å². The van der Waals surface area contributed by atoms with Crippen molar-refractivity contribution in [3.05, 3.63) is 53.7 Å². The van der Waals surface area contributed by atoms with Crippen molar-refractivity contribution in [1.82, 2.24) is 10.3 Å². The summed E-state index contributed by atoms with van der Waals surface area (Å²) in [5, 5.41) is 2.59. The molecule has 1 unspecified atom stereocenters. The Morgan fingerprint density at radius 2 is 2.09 bits per heavy atom. The molecule has 0 bridgehead atoms. The first-order chi connectivity index (χ1) is 10.7. The van der Waals surface area contributed by atoms with Crippen LogP contribution in [0.25, 0.3) is 0 Å². The van der Waals surface area contributed by atoms with Crippen LogP contribution in [0.3, 0.4) is 0 Å². The molecule has 7 nitrogen and oxygen atoms in total. The van der Waals surface area contributed by atoms with Gasteiger partial charge in [0.25, 0.3) is 5.91 Å². The molecule has 3 N–H and O–H groups in total. The van der Waals surface area contributed by atoms with Crippen molar-refractivity contribution in [2.45, 2.75) is 12.5 Å². The van der Waals surface area contributed by atoms with Gasteiger partial charge in [0.2, 0.25) is 0 Å². The number of oxazole rings is 1. The molecule has 1 aromatic heterocycles. The number of hydrogen-bond donors (Lipinski definition) is 2. The van der Waals surface area contributed by atoms with Gasteiger partial charge in [-0.15, -0.1) is 0 Å². The lowest BCUT2D eigenvalue weighted by Crippen LogP contribution is -2.34. The minimum atomic E-state index is -0.909. The van der Waals surface area contributed by atoms with Gasteiger partial charge in [-0.25, -0.2) is 9.78 Å². The Labute approximate surface area is 127 Å². The summed E-state index contributed by atoms with van der Waals surface area (Å²) in [7, 11) is 1.26. The molecule has 1 atom stereocenters. The van der Waals surface area contributed by atoms with Gasteiger partial charge in [-0.3, -0.25) is 4.79 Å². The van der Waals surface area contributed by atoms with Crippen LogP contribution in [0.2, 0.25) is 0 Å². The molecule has 2 aromatic rings. The Bertz CT molecular complexity index is 639. The van der Waals surface area contributed by atoms with E-state index in [2.05, 4.69) is 10.3 Å². The number of methoxy groups -OCH3 is 1. The summed E-state index contributed by atoms with van der Waals surface area (Å²) in [5.74, 6) is -0.710. The zero-order valence-electron chi connectivity index (χ0n) is 12.1. The van der Waals surface area contributed by atoms with Gasteiger partial charge in [0, 0.05) is 13.0 Å². The number of ether oxygens (including phenoxy) is 1. The minimum absolute atomic E-state index is 0.0910. The number of aromatic nitrogens is 1. The van der Waals surface area contributed by atoms with E-state index in [0.29, 0.717) is 24.4 Å². The molecule has 2 rings (SSSR count). The summed E-state index contributed by atoms with van der Waals surface area (Å²) in [4.78, 5) is 28.1. The Kier molecular flexibility index (Phi) is 5.26. The number of carbonyl (C=O) groups excluding carboxylic acids is 2. The van der Waals surface area contributed by atoms with Crippen molar-refractivity contribution in [3.8, 4) is 0 Å². The monoisotopic (exact) mass is 303 g/mol. The first kappa shape index (κ1) is 15.7. The van der Waals surface area contributed by atoms with Crippen LogP contribution in [-0.4, -0.2) is 30.5 Å². The van der Waals surface area contributed by atoms with Gasteiger partial charge in [0.05, 0.1) is 7.11 Å².